The summed E-state index contributed by atoms with van der Waals surface area (Å²) in [6.45, 7) is 13.8. The second kappa shape index (κ2) is 8.57. The Balaban J connectivity index is 1.93. The van der Waals surface area contributed by atoms with Gasteiger partial charge < -0.3 is 9.16 Å². The van der Waals surface area contributed by atoms with E-state index in [4.69, 9.17) is 9.16 Å². The Hall–Kier alpha value is -1.66. The maximum Gasteiger partial charge on any atom is 0.416 e. The first-order chi connectivity index (χ1) is 12.5. The second-order valence-electron chi connectivity index (χ2n) is 9.06. The van der Waals surface area contributed by atoms with E-state index in [0.717, 1.165) is 5.56 Å². The molecular weight excluding hydrogens is 358 g/mol. The van der Waals surface area contributed by atoms with Crippen molar-refractivity contribution in [3.05, 3.63) is 35.9 Å². The first-order valence-corrected chi connectivity index (χ1v) is 12.6. The molecule has 0 aromatic heterocycles. The molecule has 1 heterocycles. The molecule has 1 saturated heterocycles. The lowest BCUT2D eigenvalue weighted by molar-refractivity contribution is -0.130. The van der Waals surface area contributed by atoms with Crippen molar-refractivity contribution in [3.8, 4) is 0 Å². The number of cyclic esters (lactones) is 1. The van der Waals surface area contributed by atoms with Crippen LogP contribution in [-0.2, 0) is 20.4 Å². The molecule has 0 spiro atoms. The SMILES string of the molecule is C[C@@H](CO[Si](C)(C)C(C)(C)C)CC(=O)N1C(=O)OCC1Cc1ccccc1. The van der Waals surface area contributed by atoms with Gasteiger partial charge in [0, 0.05) is 13.0 Å². The van der Waals surface area contributed by atoms with Crippen LogP contribution in [0.2, 0.25) is 18.1 Å². The molecule has 5 nitrogen and oxygen atoms in total. The zero-order chi connectivity index (χ0) is 20.2. The number of hydrogen-bond donors (Lipinski definition) is 0. The first-order valence-electron chi connectivity index (χ1n) is 9.68. The van der Waals surface area contributed by atoms with Gasteiger partial charge in [-0.3, -0.25) is 4.79 Å². The van der Waals surface area contributed by atoms with E-state index < -0.39 is 14.4 Å². The Morgan fingerprint density at radius 1 is 1.30 bits per heavy atom. The summed E-state index contributed by atoms with van der Waals surface area (Å²) in [6.07, 6.45) is 0.376. The predicted molar refractivity (Wildman–Crippen MR) is 109 cm³/mol. The van der Waals surface area contributed by atoms with Crippen LogP contribution in [0.4, 0.5) is 4.79 Å². The van der Waals surface area contributed by atoms with Crippen LogP contribution in [0.3, 0.4) is 0 Å². The topological polar surface area (TPSA) is 55.8 Å². The molecular formula is C21H33NO4Si. The smallest absolute Gasteiger partial charge is 0.416 e. The van der Waals surface area contributed by atoms with Crippen LogP contribution < -0.4 is 0 Å². The molecule has 0 aliphatic carbocycles. The summed E-state index contributed by atoms with van der Waals surface area (Å²) in [7, 11) is -1.84. The number of hydrogen-bond acceptors (Lipinski definition) is 4. The van der Waals surface area contributed by atoms with E-state index in [9.17, 15) is 9.59 Å². The van der Waals surface area contributed by atoms with Crippen molar-refractivity contribution >= 4 is 20.3 Å². The number of amides is 2. The highest BCUT2D eigenvalue weighted by atomic mass is 28.4. The third-order valence-corrected chi connectivity index (χ3v) is 10.1. The molecule has 150 valence electrons. The third-order valence-electron chi connectivity index (χ3n) is 5.60. The van der Waals surface area contributed by atoms with Crippen molar-refractivity contribution < 1.29 is 18.8 Å². The fraction of sp³-hybridized carbons (Fsp3) is 0.619. The largest absolute Gasteiger partial charge is 0.447 e. The van der Waals surface area contributed by atoms with E-state index in [0.29, 0.717) is 13.0 Å². The molecule has 0 saturated carbocycles. The van der Waals surface area contributed by atoms with Gasteiger partial charge in [-0.05, 0) is 36.0 Å². The highest BCUT2D eigenvalue weighted by Gasteiger charge is 2.39. The fourth-order valence-electron chi connectivity index (χ4n) is 2.82. The zero-order valence-corrected chi connectivity index (χ0v) is 18.5. The van der Waals surface area contributed by atoms with E-state index >= 15 is 0 Å². The lowest BCUT2D eigenvalue weighted by atomic mass is 10.0. The standard InChI is InChI=1S/C21H33NO4Si/c1-16(14-26-27(5,6)21(2,3)4)12-19(23)22-18(15-25-20(22)24)13-17-10-8-7-9-11-17/h7-11,16,18H,12-15H2,1-6H3/t16-,18?/m1/s1. The monoisotopic (exact) mass is 391 g/mol. The number of nitrogens with zero attached hydrogens (tertiary/aromatic N) is 1. The van der Waals surface area contributed by atoms with E-state index in [-0.39, 0.29) is 35.9 Å². The first kappa shape index (κ1) is 21.6. The summed E-state index contributed by atoms with van der Waals surface area (Å²) < 4.78 is 11.4. The highest BCUT2D eigenvalue weighted by Crippen LogP contribution is 2.36. The molecule has 0 bridgehead atoms. The van der Waals surface area contributed by atoms with Crippen molar-refractivity contribution in [2.75, 3.05) is 13.2 Å². The molecule has 2 rings (SSSR count). The molecule has 1 unspecified atom stereocenters. The third kappa shape index (κ3) is 5.66. The van der Waals surface area contributed by atoms with Crippen LogP contribution in [0.1, 0.15) is 39.7 Å². The fourth-order valence-corrected chi connectivity index (χ4v) is 3.96. The Kier molecular flexibility index (Phi) is 6.86. The summed E-state index contributed by atoms with van der Waals surface area (Å²) in [6, 6.07) is 9.63. The van der Waals surface area contributed by atoms with E-state index in [1.165, 1.54) is 4.90 Å². The number of rotatable bonds is 7. The maximum atomic E-state index is 12.8. The second-order valence-corrected chi connectivity index (χ2v) is 13.9. The quantitative estimate of drug-likeness (QED) is 0.636. The summed E-state index contributed by atoms with van der Waals surface area (Å²) in [5, 5.41) is 0.135. The lowest BCUT2D eigenvalue weighted by Gasteiger charge is -2.37. The minimum Gasteiger partial charge on any atom is -0.447 e. The van der Waals surface area contributed by atoms with Crippen molar-refractivity contribution in [2.45, 2.75) is 64.7 Å². The summed E-state index contributed by atoms with van der Waals surface area (Å²) in [5.41, 5.74) is 1.09. The molecule has 1 fully saturated rings. The molecule has 1 aliphatic heterocycles. The molecule has 0 N–H and O–H groups in total. The van der Waals surface area contributed by atoms with Gasteiger partial charge in [0.2, 0.25) is 5.91 Å². The summed E-state index contributed by atoms with van der Waals surface area (Å²) >= 11 is 0. The Bertz CT molecular complexity index is 654. The van der Waals surface area contributed by atoms with Gasteiger partial charge >= 0.3 is 6.09 Å². The zero-order valence-electron chi connectivity index (χ0n) is 17.5. The molecule has 1 aromatic rings. The predicted octanol–water partition coefficient (Wildman–Crippen LogP) is 4.62. The van der Waals surface area contributed by atoms with Crippen LogP contribution in [0.25, 0.3) is 0 Å². The van der Waals surface area contributed by atoms with Gasteiger partial charge in [-0.15, -0.1) is 0 Å². The number of benzene rings is 1. The number of carbonyl (C=O) groups excluding carboxylic acids is 2. The van der Waals surface area contributed by atoms with Crippen LogP contribution in [0.5, 0.6) is 0 Å². The van der Waals surface area contributed by atoms with Crippen molar-refractivity contribution in [3.63, 3.8) is 0 Å². The van der Waals surface area contributed by atoms with Crippen LogP contribution in [0, 0.1) is 5.92 Å². The van der Waals surface area contributed by atoms with E-state index in [1.807, 2.05) is 37.3 Å². The maximum absolute atomic E-state index is 12.8. The molecule has 6 heteroatoms. The summed E-state index contributed by atoms with van der Waals surface area (Å²) in [5.74, 6) is -0.123. The van der Waals surface area contributed by atoms with Gasteiger partial charge in [0.25, 0.3) is 0 Å². The summed E-state index contributed by atoms with van der Waals surface area (Å²) in [4.78, 5) is 26.2. The van der Waals surface area contributed by atoms with Gasteiger partial charge in [-0.1, -0.05) is 58.0 Å². The molecule has 27 heavy (non-hydrogen) atoms. The van der Waals surface area contributed by atoms with Gasteiger partial charge in [0.1, 0.15) is 6.61 Å². The Morgan fingerprint density at radius 2 is 1.93 bits per heavy atom. The van der Waals surface area contributed by atoms with Crippen LogP contribution in [-0.4, -0.2) is 44.5 Å². The molecule has 1 aromatic carbocycles. The number of imide groups is 1. The Labute approximate surface area is 164 Å². The molecule has 2 atom stereocenters. The van der Waals surface area contributed by atoms with E-state index in [1.54, 1.807) is 0 Å². The minimum atomic E-state index is -1.84. The molecule has 2 amide bonds. The van der Waals surface area contributed by atoms with Gasteiger partial charge in [-0.25, -0.2) is 9.69 Å². The van der Waals surface area contributed by atoms with Gasteiger partial charge in [-0.2, -0.15) is 0 Å². The average molecular weight is 392 g/mol. The van der Waals surface area contributed by atoms with Crippen LogP contribution in [0.15, 0.2) is 30.3 Å². The number of carbonyl (C=O) groups is 2. The average Bonchev–Trinajstić information content (AvgIpc) is 2.93. The van der Waals surface area contributed by atoms with Crippen molar-refractivity contribution in [1.82, 2.24) is 4.90 Å². The minimum absolute atomic E-state index is 0.0531. The molecule has 0 radical (unpaired) electrons. The van der Waals surface area contributed by atoms with Gasteiger partial charge in [0.05, 0.1) is 6.04 Å². The Morgan fingerprint density at radius 3 is 2.52 bits per heavy atom. The highest BCUT2D eigenvalue weighted by molar-refractivity contribution is 6.74. The lowest BCUT2D eigenvalue weighted by Crippen LogP contribution is -2.43. The van der Waals surface area contributed by atoms with E-state index in [2.05, 4.69) is 33.9 Å². The van der Waals surface area contributed by atoms with Crippen LogP contribution >= 0.6 is 0 Å². The van der Waals surface area contributed by atoms with Gasteiger partial charge in [0.15, 0.2) is 8.32 Å². The van der Waals surface area contributed by atoms with Crippen molar-refractivity contribution in [1.29, 1.82) is 0 Å². The molecule has 1 aliphatic rings. The normalized spacial score (nSPS) is 19.1. The van der Waals surface area contributed by atoms with Crippen molar-refractivity contribution in [2.24, 2.45) is 5.92 Å². The number of ether oxygens (including phenoxy) is 1.